The van der Waals surface area contributed by atoms with E-state index in [9.17, 15) is 14.4 Å². The minimum atomic E-state index is -1.06. The van der Waals surface area contributed by atoms with E-state index in [4.69, 9.17) is 14.6 Å². The predicted molar refractivity (Wildman–Crippen MR) is 96.5 cm³/mol. The maximum atomic E-state index is 12.6. The van der Waals surface area contributed by atoms with Gasteiger partial charge >= 0.3 is 11.9 Å². The van der Waals surface area contributed by atoms with Crippen molar-refractivity contribution in [1.29, 1.82) is 0 Å². The smallest absolute Gasteiger partial charge is 0.341 e. The number of carboxylic acids is 1. The lowest BCUT2D eigenvalue weighted by Gasteiger charge is -2.22. The summed E-state index contributed by atoms with van der Waals surface area (Å²) in [5.74, 6) is -1.20. The number of ether oxygens (including phenoxy) is 2. The number of carboxylic acid groups (broad SMARTS) is 1. The van der Waals surface area contributed by atoms with Crippen LogP contribution in [-0.2, 0) is 14.3 Å². The molecule has 0 aromatic heterocycles. The van der Waals surface area contributed by atoms with Crippen molar-refractivity contribution < 1.29 is 29.0 Å². The summed E-state index contributed by atoms with van der Waals surface area (Å²) in [4.78, 5) is 36.4. The predicted octanol–water partition coefficient (Wildman–Crippen LogP) is 2.57. The molecule has 0 spiro atoms. The van der Waals surface area contributed by atoms with E-state index in [-0.39, 0.29) is 24.8 Å². The third kappa shape index (κ3) is 6.74. The van der Waals surface area contributed by atoms with Crippen LogP contribution in [0.5, 0.6) is 5.75 Å². The molecule has 0 heterocycles. The fraction of sp³-hybridized carbons (Fsp3) is 0.526. The molecule has 1 rings (SSSR count). The van der Waals surface area contributed by atoms with Gasteiger partial charge in [0.25, 0.3) is 5.91 Å². The summed E-state index contributed by atoms with van der Waals surface area (Å²) in [6.45, 7) is 8.68. The summed E-state index contributed by atoms with van der Waals surface area (Å²) in [7, 11) is 1.62. The molecule has 7 nitrogen and oxygen atoms in total. The Bertz CT molecular complexity index is 667. The highest BCUT2D eigenvalue weighted by Crippen LogP contribution is 2.25. The second kappa shape index (κ2) is 8.69. The number of aryl methyl sites for hydroxylation is 2. The highest BCUT2D eigenvalue weighted by molar-refractivity contribution is 5.95. The zero-order valence-corrected chi connectivity index (χ0v) is 16.2. The lowest BCUT2D eigenvalue weighted by atomic mass is 10.0. The second-order valence-electron chi connectivity index (χ2n) is 7.18. The largest absolute Gasteiger partial charge is 0.481 e. The lowest BCUT2D eigenvalue weighted by Crippen LogP contribution is -2.31. The molecule has 0 fully saturated rings. The van der Waals surface area contributed by atoms with Gasteiger partial charge in [0.05, 0.1) is 6.42 Å². The van der Waals surface area contributed by atoms with Crippen LogP contribution in [0.3, 0.4) is 0 Å². The van der Waals surface area contributed by atoms with Crippen molar-refractivity contribution in [3.8, 4) is 5.75 Å². The topological polar surface area (TPSA) is 93.1 Å². The molecule has 0 saturated heterocycles. The van der Waals surface area contributed by atoms with Gasteiger partial charge in [-0.2, -0.15) is 0 Å². The Morgan fingerprint density at radius 2 is 1.65 bits per heavy atom. The van der Waals surface area contributed by atoms with Gasteiger partial charge in [0.15, 0.2) is 6.61 Å². The van der Waals surface area contributed by atoms with Crippen molar-refractivity contribution >= 4 is 17.8 Å². The highest BCUT2D eigenvalue weighted by Gasteiger charge is 2.19. The first kappa shape index (κ1) is 21.5. The first-order valence-electron chi connectivity index (χ1n) is 8.34. The number of nitrogens with zero attached hydrogens (tertiary/aromatic N) is 1. The van der Waals surface area contributed by atoms with Crippen molar-refractivity contribution in [3.63, 3.8) is 0 Å². The molecule has 1 amide bonds. The molecule has 0 aliphatic heterocycles. The van der Waals surface area contributed by atoms with Gasteiger partial charge in [0.2, 0.25) is 0 Å². The van der Waals surface area contributed by atoms with Gasteiger partial charge in [0.1, 0.15) is 11.4 Å². The maximum absolute atomic E-state index is 12.6. The van der Waals surface area contributed by atoms with E-state index in [1.165, 1.54) is 4.90 Å². The third-order valence-corrected chi connectivity index (χ3v) is 3.47. The SMILES string of the molecule is Cc1cc(C(=O)N(C)CCC(=O)OC(C)(C)C)cc(C)c1OCC(=O)O. The average molecular weight is 365 g/mol. The zero-order valence-electron chi connectivity index (χ0n) is 16.2. The summed E-state index contributed by atoms with van der Waals surface area (Å²) in [5, 5.41) is 8.72. The molecule has 0 bridgehead atoms. The molecule has 7 heteroatoms. The van der Waals surface area contributed by atoms with Gasteiger partial charge in [0, 0.05) is 19.2 Å². The molecule has 26 heavy (non-hydrogen) atoms. The fourth-order valence-corrected chi connectivity index (χ4v) is 2.41. The number of hydrogen-bond donors (Lipinski definition) is 1. The third-order valence-electron chi connectivity index (χ3n) is 3.47. The van der Waals surface area contributed by atoms with Gasteiger partial charge in [-0.1, -0.05) is 0 Å². The maximum Gasteiger partial charge on any atom is 0.341 e. The van der Waals surface area contributed by atoms with E-state index in [1.807, 2.05) is 0 Å². The van der Waals surface area contributed by atoms with Crippen molar-refractivity contribution in [1.82, 2.24) is 4.90 Å². The van der Waals surface area contributed by atoms with Crippen molar-refractivity contribution in [2.75, 3.05) is 20.2 Å². The van der Waals surface area contributed by atoms with Crippen LogP contribution in [0.25, 0.3) is 0 Å². The molecule has 0 radical (unpaired) electrons. The van der Waals surface area contributed by atoms with E-state index in [0.29, 0.717) is 22.4 Å². The monoisotopic (exact) mass is 365 g/mol. The number of esters is 1. The standard InChI is InChI=1S/C19H27NO6/c1-12-9-14(10-13(2)17(12)25-11-15(21)22)18(24)20(6)8-7-16(23)26-19(3,4)5/h9-10H,7-8,11H2,1-6H3,(H,21,22). The van der Waals surface area contributed by atoms with Crippen LogP contribution < -0.4 is 4.74 Å². The van der Waals surface area contributed by atoms with Gasteiger partial charge in [-0.05, 0) is 57.9 Å². The van der Waals surface area contributed by atoms with E-state index in [2.05, 4.69) is 0 Å². The van der Waals surface area contributed by atoms with Gasteiger partial charge in [-0.25, -0.2) is 4.79 Å². The molecule has 1 aromatic rings. The Morgan fingerprint density at radius 3 is 2.12 bits per heavy atom. The van der Waals surface area contributed by atoms with Crippen molar-refractivity contribution in [2.24, 2.45) is 0 Å². The second-order valence-corrected chi connectivity index (χ2v) is 7.18. The number of aliphatic carboxylic acids is 1. The van der Waals surface area contributed by atoms with Crippen LogP contribution in [0.4, 0.5) is 0 Å². The average Bonchev–Trinajstić information content (AvgIpc) is 2.48. The molecule has 1 aromatic carbocycles. The molecule has 0 aliphatic rings. The normalized spacial score (nSPS) is 11.0. The Balaban J connectivity index is 2.77. The van der Waals surface area contributed by atoms with E-state index in [0.717, 1.165) is 0 Å². The van der Waals surface area contributed by atoms with Crippen LogP contribution in [0, 0.1) is 13.8 Å². The minimum absolute atomic E-state index is 0.108. The van der Waals surface area contributed by atoms with E-state index >= 15 is 0 Å². The first-order valence-corrected chi connectivity index (χ1v) is 8.34. The van der Waals surface area contributed by atoms with Gasteiger partial charge in [-0.3, -0.25) is 9.59 Å². The number of amides is 1. The summed E-state index contributed by atoms with van der Waals surface area (Å²) < 4.78 is 10.5. The van der Waals surface area contributed by atoms with Crippen molar-refractivity contribution in [3.05, 3.63) is 28.8 Å². The van der Waals surface area contributed by atoms with Crippen LogP contribution in [0.1, 0.15) is 48.7 Å². The molecular formula is C19H27NO6. The van der Waals surface area contributed by atoms with Gasteiger partial charge < -0.3 is 19.5 Å². The molecular weight excluding hydrogens is 338 g/mol. The molecule has 0 atom stereocenters. The lowest BCUT2D eigenvalue weighted by molar-refractivity contribution is -0.155. The van der Waals surface area contributed by atoms with E-state index in [1.54, 1.807) is 53.8 Å². The quantitative estimate of drug-likeness (QED) is 0.747. The van der Waals surface area contributed by atoms with Crippen LogP contribution in [-0.4, -0.2) is 53.7 Å². The number of hydrogen-bond acceptors (Lipinski definition) is 5. The Labute approximate surface area is 153 Å². The summed E-state index contributed by atoms with van der Waals surface area (Å²) in [6, 6.07) is 3.30. The number of carbonyl (C=O) groups excluding carboxylic acids is 2. The Hall–Kier alpha value is -2.57. The molecule has 0 aliphatic carbocycles. The number of rotatable bonds is 7. The molecule has 0 saturated carbocycles. The summed E-state index contributed by atoms with van der Waals surface area (Å²) in [5.41, 5.74) is 1.25. The minimum Gasteiger partial charge on any atom is -0.481 e. The molecule has 144 valence electrons. The van der Waals surface area contributed by atoms with Crippen LogP contribution >= 0.6 is 0 Å². The summed E-state index contributed by atoms with van der Waals surface area (Å²) in [6.07, 6.45) is 0.108. The van der Waals surface area contributed by atoms with Crippen LogP contribution in [0.15, 0.2) is 12.1 Å². The fourth-order valence-electron chi connectivity index (χ4n) is 2.41. The van der Waals surface area contributed by atoms with E-state index < -0.39 is 18.2 Å². The number of carbonyl (C=O) groups is 3. The van der Waals surface area contributed by atoms with Crippen LogP contribution in [0.2, 0.25) is 0 Å². The highest BCUT2D eigenvalue weighted by atomic mass is 16.6. The van der Waals surface area contributed by atoms with Crippen molar-refractivity contribution in [2.45, 2.75) is 46.6 Å². The Morgan fingerprint density at radius 1 is 1.12 bits per heavy atom. The van der Waals surface area contributed by atoms with Gasteiger partial charge in [-0.15, -0.1) is 0 Å². The summed E-state index contributed by atoms with van der Waals surface area (Å²) >= 11 is 0. The first-order chi connectivity index (χ1) is 11.9. The Kier molecular flexibility index (Phi) is 7.18. The zero-order chi connectivity index (χ0) is 20.1. The number of benzene rings is 1. The molecule has 1 N–H and O–H groups in total. The molecule has 0 unspecified atom stereocenters.